The highest BCUT2D eigenvalue weighted by Crippen LogP contribution is 2.33. The average molecular weight is 398 g/mol. The lowest BCUT2D eigenvalue weighted by Crippen LogP contribution is -2.28. The van der Waals surface area contributed by atoms with Gasteiger partial charge >= 0.3 is 0 Å². The second-order valence-corrected chi connectivity index (χ2v) is 7.80. The number of rotatable bonds is 2. The molecule has 0 spiro atoms. The molecule has 0 saturated heterocycles. The van der Waals surface area contributed by atoms with Crippen LogP contribution in [0.25, 0.3) is 21.1 Å². The zero-order valence-electron chi connectivity index (χ0n) is 13.8. The van der Waals surface area contributed by atoms with Crippen LogP contribution in [-0.2, 0) is 13.0 Å². The molecule has 6 nitrogen and oxygen atoms in total. The number of nitrogens with one attached hydrogen (secondary N) is 1. The summed E-state index contributed by atoms with van der Waals surface area (Å²) in [5.41, 5.74) is 1.63. The zero-order valence-corrected chi connectivity index (χ0v) is 15.4. The summed E-state index contributed by atoms with van der Waals surface area (Å²) in [6, 6.07) is 10.7. The van der Waals surface area contributed by atoms with Crippen LogP contribution in [0, 0.1) is 0 Å². The Morgan fingerprint density at radius 2 is 2.15 bits per heavy atom. The van der Waals surface area contributed by atoms with Gasteiger partial charge in [0.05, 0.1) is 15.7 Å². The molecule has 0 atom stereocenters. The monoisotopic (exact) mass is 397 g/mol. The molecule has 0 fully saturated rings. The van der Waals surface area contributed by atoms with Gasteiger partial charge in [-0.3, -0.25) is 14.9 Å². The summed E-state index contributed by atoms with van der Waals surface area (Å²) in [7, 11) is 0. The number of para-hydroxylation sites is 1. The van der Waals surface area contributed by atoms with E-state index in [9.17, 15) is 14.7 Å². The number of benzene rings is 2. The lowest BCUT2D eigenvalue weighted by molar-refractivity contribution is 0.102. The molecule has 2 aromatic carbocycles. The van der Waals surface area contributed by atoms with Crippen LogP contribution >= 0.6 is 22.9 Å². The summed E-state index contributed by atoms with van der Waals surface area (Å²) in [5.74, 6) is -0.970. The smallest absolute Gasteiger partial charge is 0.267 e. The van der Waals surface area contributed by atoms with E-state index in [4.69, 9.17) is 11.6 Å². The van der Waals surface area contributed by atoms with E-state index in [1.165, 1.54) is 11.3 Å². The van der Waals surface area contributed by atoms with Crippen LogP contribution in [0.5, 0.6) is 5.75 Å². The van der Waals surface area contributed by atoms with Crippen molar-refractivity contribution in [3.63, 3.8) is 0 Å². The normalized spacial score (nSPS) is 12.8. The van der Waals surface area contributed by atoms with Gasteiger partial charge in [0.25, 0.3) is 11.5 Å². The first-order valence-corrected chi connectivity index (χ1v) is 9.47. The Morgan fingerprint density at radius 3 is 3.00 bits per heavy atom. The Balaban J connectivity index is 1.61. The van der Waals surface area contributed by atoms with Gasteiger partial charge in [-0.15, -0.1) is 0 Å². The van der Waals surface area contributed by atoms with E-state index in [-0.39, 0.29) is 11.3 Å². The number of nitrogens with zero attached hydrogens (tertiary/aromatic N) is 2. The quantitative estimate of drug-likeness (QED) is 0.539. The lowest BCUT2D eigenvalue weighted by atomic mass is 10.1. The lowest BCUT2D eigenvalue weighted by Gasteiger charge is -2.10. The van der Waals surface area contributed by atoms with Crippen molar-refractivity contribution in [3.8, 4) is 5.75 Å². The molecule has 3 heterocycles. The molecule has 5 rings (SSSR count). The first-order chi connectivity index (χ1) is 13.0. The number of fused-ring (bicyclic) bond motifs is 1. The largest absolute Gasteiger partial charge is 0.506 e. The van der Waals surface area contributed by atoms with Crippen LogP contribution in [0.15, 0.2) is 41.2 Å². The fourth-order valence-electron chi connectivity index (χ4n) is 3.54. The molecule has 1 aliphatic rings. The van der Waals surface area contributed by atoms with Crippen molar-refractivity contribution in [1.29, 1.82) is 0 Å². The molecule has 0 saturated carbocycles. The van der Waals surface area contributed by atoms with Gasteiger partial charge in [0.2, 0.25) is 0 Å². The number of halogens is 1. The molecule has 0 unspecified atom stereocenters. The van der Waals surface area contributed by atoms with Gasteiger partial charge in [-0.05, 0) is 36.2 Å². The van der Waals surface area contributed by atoms with Crippen molar-refractivity contribution in [1.82, 2.24) is 9.55 Å². The predicted octanol–water partition coefficient (Wildman–Crippen LogP) is 3.78. The molecule has 2 N–H and O–H groups in total. The minimum atomic E-state index is -0.675. The van der Waals surface area contributed by atoms with E-state index in [1.807, 2.05) is 12.1 Å². The maximum absolute atomic E-state index is 12.8. The molecule has 27 heavy (non-hydrogen) atoms. The summed E-state index contributed by atoms with van der Waals surface area (Å²) in [6.45, 7) is 0.495. The first kappa shape index (κ1) is 16.3. The molecule has 4 aromatic rings. The van der Waals surface area contributed by atoms with Gasteiger partial charge in [-0.25, -0.2) is 4.98 Å². The van der Waals surface area contributed by atoms with Crippen molar-refractivity contribution >= 4 is 55.1 Å². The molecule has 8 heteroatoms. The van der Waals surface area contributed by atoms with Crippen LogP contribution in [-0.4, -0.2) is 20.6 Å². The molecule has 2 aromatic heterocycles. The minimum absolute atomic E-state index is 0.265. The van der Waals surface area contributed by atoms with Gasteiger partial charge in [0.15, 0.2) is 5.13 Å². The van der Waals surface area contributed by atoms with Crippen molar-refractivity contribution in [3.05, 3.63) is 62.9 Å². The van der Waals surface area contributed by atoms with Crippen LogP contribution < -0.4 is 10.9 Å². The molecule has 0 radical (unpaired) electrons. The number of carbonyl (C=O) groups is 1. The number of carbonyl (C=O) groups excluding carboxylic acids is 1. The zero-order chi connectivity index (χ0) is 18.7. The number of aromatic hydroxyl groups is 1. The van der Waals surface area contributed by atoms with Gasteiger partial charge < -0.3 is 9.67 Å². The standard InChI is InChI=1S/C19H12ClN3O3S/c20-10-4-5-12-13(8-10)27-19(21-12)22-17(25)14-16(24)11-3-1-2-9-6-7-23(15(9)11)18(14)26/h1-5,8,24H,6-7H2,(H,21,22,25). The maximum Gasteiger partial charge on any atom is 0.267 e. The molecule has 1 aliphatic heterocycles. The molecule has 0 aliphatic carbocycles. The van der Waals surface area contributed by atoms with Gasteiger partial charge in [-0.2, -0.15) is 0 Å². The number of aromatic nitrogens is 2. The number of hydrogen-bond donors (Lipinski definition) is 2. The van der Waals surface area contributed by atoms with Crippen LogP contribution in [0.2, 0.25) is 5.02 Å². The summed E-state index contributed by atoms with van der Waals surface area (Å²) < 4.78 is 2.37. The Labute approximate surface area is 161 Å². The van der Waals surface area contributed by atoms with E-state index in [1.54, 1.807) is 28.8 Å². The average Bonchev–Trinajstić information content (AvgIpc) is 3.23. The number of amides is 1. The van der Waals surface area contributed by atoms with E-state index < -0.39 is 11.5 Å². The van der Waals surface area contributed by atoms with Crippen molar-refractivity contribution < 1.29 is 9.90 Å². The maximum atomic E-state index is 12.8. The van der Waals surface area contributed by atoms with Gasteiger partial charge in [0.1, 0.15) is 11.3 Å². The summed E-state index contributed by atoms with van der Waals surface area (Å²) in [5, 5.41) is 14.7. The predicted molar refractivity (Wildman–Crippen MR) is 106 cm³/mol. The minimum Gasteiger partial charge on any atom is -0.506 e. The van der Waals surface area contributed by atoms with Crippen molar-refractivity contribution in [2.75, 3.05) is 5.32 Å². The molecule has 134 valence electrons. The fourth-order valence-corrected chi connectivity index (χ4v) is 4.67. The molecule has 0 bridgehead atoms. The highest BCUT2D eigenvalue weighted by molar-refractivity contribution is 7.22. The van der Waals surface area contributed by atoms with E-state index in [0.29, 0.717) is 39.5 Å². The fraction of sp³-hybridized carbons (Fsp3) is 0.105. The third kappa shape index (κ3) is 2.43. The number of thiazole rings is 1. The summed E-state index contributed by atoms with van der Waals surface area (Å²) in [6.07, 6.45) is 0.704. The third-order valence-corrected chi connectivity index (χ3v) is 5.91. The first-order valence-electron chi connectivity index (χ1n) is 8.28. The van der Waals surface area contributed by atoms with Gasteiger partial charge in [0, 0.05) is 17.0 Å². The Kier molecular flexibility index (Phi) is 3.50. The third-order valence-electron chi connectivity index (χ3n) is 4.74. The second-order valence-electron chi connectivity index (χ2n) is 6.33. The number of hydrogen-bond acceptors (Lipinski definition) is 5. The topological polar surface area (TPSA) is 84.2 Å². The van der Waals surface area contributed by atoms with Crippen molar-refractivity contribution in [2.45, 2.75) is 13.0 Å². The Morgan fingerprint density at radius 1 is 1.30 bits per heavy atom. The SMILES string of the molecule is O=C(Nc1nc2ccc(Cl)cc2s1)c1c(O)c2cccc3c2n(c1=O)CC3. The number of pyridine rings is 1. The number of aryl methyl sites for hydroxylation is 2. The second kappa shape index (κ2) is 5.80. The van der Waals surface area contributed by atoms with Crippen LogP contribution in [0.3, 0.4) is 0 Å². The number of anilines is 1. The Bertz CT molecular complexity index is 1330. The molecular formula is C19H12ClN3O3S. The summed E-state index contributed by atoms with van der Waals surface area (Å²) in [4.78, 5) is 29.9. The molecular weight excluding hydrogens is 386 g/mol. The van der Waals surface area contributed by atoms with E-state index in [2.05, 4.69) is 10.3 Å². The molecule has 1 amide bonds. The van der Waals surface area contributed by atoms with E-state index in [0.717, 1.165) is 10.3 Å². The highest BCUT2D eigenvalue weighted by atomic mass is 35.5. The van der Waals surface area contributed by atoms with Crippen LogP contribution in [0.1, 0.15) is 15.9 Å². The highest BCUT2D eigenvalue weighted by Gasteiger charge is 2.26. The summed E-state index contributed by atoms with van der Waals surface area (Å²) >= 11 is 7.23. The van der Waals surface area contributed by atoms with Crippen LogP contribution in [0.4, 0.5) is 5.13 Å². The van der Waals surface area contributed by atoms with E-state index >= 15 is 0 Å². The van der Waals surface area contributed by atoms with Crippen molar-refractivity contribution in [2.24, 2.45) is 0 Å². The van der Waals surface area contributed by atoms with Gasteiger partial charge in [-0.1, -0.05) is 35.1 Å². The Hall–Kier alpha value is -2.90.